The Labute approximate surface area is 53.9 Å². The molecule has 0 N–H and O–H groups in total. The van der Waals surface area contributed by atoms with Crippen LogP contribution >= 0.6 is 0 Å². The summed E-state index contributed by atoms with van der Waals surface area (Å²) in [7, 11) is 0. The van der Waals surface area contributed by atoms with Crippen LogP contribution in [0, 0.1) is 0 Å². The fraction of sp³-hybridized carbons (Fsp3) is 0.833. The van der Waals surface area contributed by atoms with Crippen molar-refractivity contribution in [3.8, 4) is 0 Å². The van der Waals surface area contributed by atoms with Crippen LogP contribution in [0.15, 0.2) is 0 Å². The number of rotatable bonds is 2. The van der Waals surface area contributed by atoms with Gasteiger partial charge in [0, 0.05) is 6.61 Å². The predicted octanol–water partition coefficient (Wildman–Crippen LogP) is 0.338. The molecular formula is C6H10O3. The Hall–Kier alpha value is -0.570. The maximum Gasteiger partial charge on any atom is 0.308 e. The van der Waals surface area contributed by atoms with Crippen LogP contribution in [0.25, 0.3) is 0 Å². The van der Waals surface area contributed by atoms with E-state index in [2.05, 4.69) is 4.74 Å². The first-order chi connectivity index (χ1) is 4.33. The first-order valence-corrected chi connectivity index (χ1v) is 3.10. The fourth-order valence-electron chi connectivity index (χ4n) is 0.832. The zero-order chi connectivity index (χ0) is 6.69. The predicted molar refractivity (Wildman–Crippen MR) is 31.0 cm³/mol. The number of cyclic esters (lactones) is 1. The van der Waals surface area contributed by atoms with Crippen LogP contribution in [0.2, 0.25) is 0 Å². The van der Waals surface area contributed by atoms with Gasteiger partial charge in [-0.05, 0) is 6.92 Å². The quantitative estimate of drug-likeness (QED) is 0.505. The second-order valence-electron chi connectivity index (χ2n) is 1.96. The molecule has 3 nitrogen and oxygen atoms in total. The summed E-state index contributed by atoms with van der Waals surface area (Å²) in [5.74, 6) is -0.145. The molecule has 1 atom stereocenters. The van der Waals surface area contributed by atoms with Crippen LogP contribution in [0.3, 0.4) is 0 Å². The third-order valence-corrected chi connectivity index (χ3v) is 1.23. The smallest absolute Gasteiger partial charge is 0.308 e. The third-order valence-electron chi connectivity index (χ3n) is 1.23. The average molecular weight is 130 g/mol. The molecule has 0 unspecified atom stereocenters. The molecule has 52 valence electrons. The lowest BCUT2D eigenvalue weighted by Crippen LogP contribution is -2.11. The summed E-state index contributed by atoms with van der Waals surface area (Å²) in [5, 5.41) is 0. The molecule has 1 saturated heterocycles. The van der Waals surface area contributed by atoms with Gasteiger partial charge in [-0.1, -0.05) is 0 Å². The summed E-state index contributed by atoms with van der Waals surface area (Å²) in [6.07, 6.45) is 0.441. The molecule has 1 aliphatic heterocycles. The minimum absolute atomic E-state index is 0.0162. The van der Waals surface area contributed by atoms with E-state index >= 15 is 0 Å². The third kappa shape index (κ3) is 1.68. The molecule has 3 heteroatoms. The monoisotopic (exact) mass is 130 g/mol. The van der Waals surface area contributed by atoms with Crippen molar-refractivity contribution < 1.29 is 14.3 Å². The SMILES string of the molecule is CCO[C@H]1COC(=O)C1. The van der Waals surface area contributed by atoms with E-state index in [1.165, 1.54) is 0 Å². The minimum Gasteiger partial charge on any atom is -0.463 e. The van der Waals surface area contributed by atoms with Crippen molar-refractivity contribution >= 4 is 5.97 Å². The van der Waals surface area contributed by atoms with Crippen LogP contribution in [0.1, 0.15) is 13.3 Å². The minimum atomic E-state index is -0.145. The number of carbonyl (C=O) groups excluding carboxylic acids is 1. The Kier molecular flexibility index (Phi) is 2.05. The molecule has 0 aromatic heterocycles. The van der Waals surface area contributed by atoms with Crippen molar-refractivity contribution in [3.05, 3.63) is 0 Å². The van der Waals surface area contributed by atoms with E-state index in [1.807, 2.05) is 6.92 Å². The van der Waals surface area contributed by atoms with E-state index < -0.39 is 0 Å². The van der Waals surface area contributed by atoms with Gasteiger partial charge in [-0.25, -0.2) is 0 Å². The highest BCUT2D eigenvalue weighted by molar-refractivity contribution is 5.71. The van der Waals surface area contributed by atoms with Gasteiger partial charge in [0.1, 0.15) is 12.7 Å². The van der Waals surface area contributed by atoms with Gasteiger partial charge in [0.25, 0.3) is 0 Å². The van der Waals surface area contributed by atoms with E-state index in [0.717, 1.165) is 0 Å². The number of hydrogen-bond donors (Lipinski definition) is 0. The lowest BCUT2D eigenvalue weighted by molar-refractivity contribution is -0.137. The highest BCUT2D eigenvalue weighted by atomic mass is 16.6. The van der Waals surface area contributed by atoms with Gasteiger partial charge in [0.2, 0.25) is 0 Å². The Balaban J connectivity index is 2.22. The van der Waals surface area contributed by atoms with Crippen molar-refractivity contribution in [3.63, 3.8) is 0 Å². The molecule has 0 aliphatic carbocycles. The molecule has 1 aliphatic rings. The Morgan fingerprint density at radius 3 is 3.11 bits per heavy atom. The van der Waals surface area contributed by atoms with Crippen LogP contribution in [0.5, 0.6) is 0 Å². The average Bonchev–Trinajstić information content (AvgIpc) is 2.17. The molecule has 0 amide bonds. The van der Waals surface area contributed by atoms with E-state index in [-0.39, 0.29) is 12.1 Å². The molecule has 0 spiro atoms. The molecule has 1 rings (SSSR count). The number of ether oxygens (including phenoxy) is 2. The Morgan fingerprint density at radius 2 is 2.67 bits per heavy atom. The van der Waals surface area contributed by atoms with Crippen LogP contribution in [-0.4, -0.2) is 25.3 Å². The highest BCUT2D eigenvalue weighted by Crippen LogP contribution is 2.08. The van der Waals surface area contributed by atoms with Gasteiger partial charge < -0.3 is 9.47 Å². The summed E-state index contributed by atoms with van der Waals surface area (Å²) in [6.45, 7) is 3.00. The number of hydrogen-bond acceptors (Lipinski definition) is 3. The zero-order valence-electron chi connectivity index (χ0n) is 5.42. The summed E-state index contributed by atoms with van der Waals surface area (Å²) >= 11 is 0. The molecular weight excluding hydrogens is 120 g/mol. The molecule has 0 aromatic carbocycles. The molecule has 9 heavy (non-hydrogen) atoms. The van der Waals surface area contributed by atoms with Crippen LogP contribution in [-0.2, 0) is 14.3 Å². The summed E-state index contributed by atoms with van der Waals surface area (Å²) in [6, 6.07) is 0. The van der Waals surface area contributed by atoms with Crippen molar-refractivity contribution in [2.24, 2.45) is 0 Å². The van der Waals surface area contributed by atoms with Crippen molar-refractivity contribution in [1.29, 1.82) is 0 Å². The molecule has 1 heterocycles. The van der Waals surface area contributed by atoms with Crippen molar-refractivity contribution in [2.75, 3.05) is 13.2 Å². The largest absolute Gasteiger partial charge is 0.463 e. The van der Waals surface area contributed by atoms with Gasteiger partial charge in [0.15, 0.2) is 0 Å². The van der Waals surface area contributed by atoms with Gasteiger partial charge in [-0.2, -0.15) is 0 Å². The standard InChI is InChI=1S/C6H10O3/c1-2-8-5-3-6(7)9-4-5/h5H,2-4H2,1H3/t5-/m1/s1. The number of carbonyl (C=O) groups is 1. The normalized spacial score (nSPS) is 26.3. The Bertz CT molecular complexity index is 111. The molecule has 0 radical (unpaired) electrons. The van der Waals surface area contributed by atoms with Gasteiger partial charge in [-0.15, -0.1) is 0 Å². The van der Waals surface area contributed by atoms with E-state index in [4.69, 9.17) is 4.74 Å². The fourth-order valence-corrected chi connectivity index (χ4v) is 0.832. The Morgan fingerprint density at radius 1 is 1.89 bits per heavy atom. The van der Waals surface area contributed by atoms with Gasteiger partial charge >= 0.3 is 5.97 Å². The number of esters is 1. The summed E-state index contributed by atoms with van der Waals surface area (Å²) in [4.78, 5) is 10.4. The summed E-state index contributed by atoms with van der Waals surface area (Å²) < 4.78 is 9.78. The van der Waals surface area contributed by atoms with E-state index in [0.29, 0.717) is 19.6 Å². The lowest BCUT2D eigenvalue weighted by atomic mass is 10.3. The van der Waals surface area contributed by atoms with Gasteiger partial charge in [0.05, 0.1) is 6.42 Å². The maximum absolute atomic E-state index is 10.4. The zero-order valence-corrected chi connectivity index (χ0v) is 5.42. The highest BCUT2D eigenvalue weighted by Gasteiger charge is 2.23. The van der Waals surface area contributed by atoms with Crippen molar-refractivity contribution in [2.45, 2.75) is 19.4 Å². The topological polar surface area (TPSA) is 35.5 Å². The van der Waals surface area contributed by atoms with Crippen molar-refractivity contribution in [1.82, 2.24) is 0 Å². The summed E-state index contributed by atoms with van der Waals surface area (Å²) in [5.41, 5.74) is 0. The molecule has 0 aromatic rings. The molecule has 0 saturated carbocycles. The molecule has 0 bridgehead atoms. The second-order valence-corrected chi connectivity index (χ2v) is 1.96. The maximum atomic E-state index is 10.4. The van der Waals surface area contributed by atoms with E-state index in [1.54, 1.807) is 0 Å². The van der Waals surface area contributed by atoms with Crippen LogP contribution < -0.4 is 0 Å². The first kappa shape index (κ1) is 6.55. The van der Waals surface area contributed by atoms with Crippen LogP contribution in [0.4, 0.5) is 0 Å². The van der Waals surface area contributed by atoms with E-state index in [9.17, 15) is 4.79 Å². The lowest BCUT2D eigenvalue weighted by Gasteiger charge is -2.03. The second kappa shape index (κ2) is 2.82. The van der Waals surface area contributed by atoms with Gasteiger partial charge in [-0.3, -0.25) is 4.79 Å². The first-order valence-electron chi connectivity index (χ1n) is 3.10. The molecule has 1 fully saturated rings.